The van der Waals surface area contributed by atoms with Gasteiger partial charge in [0.25, 0.3) is 0 Å². The van der Waals surface area contributed by atoms with Crippen molar-refractivity contribution in [2.75, 3.05) is 0 Å². The molecule has 0 aromatic carbocycles. The zero-order valence-electron chi connectivity index (χ0n) is 13.1. The van der Waals surface area contributed by atoms with Gasteiger partial charge < -0.3 is 5.11 Å². The second kappa shape index (κ2) is 6.98. The third-order valence-corrected chi connectivity index (χ3v) is 3.32. The highest BCUT2D eigenvalue weighted by atomic mass is 35.5. The third kappa shape index (κ3) is 3.14. The molecule has 24 heavy (non-hydrogen) atoms. The van der Waals surface area contributed by atoms with E-state index >= 15 is 0 Å². The maximum atomic E-state index is 10.4. The van der Waals surface area contributed by atoms with Gasteiger partial charge in [-0.15, -0.1) is 12.4 Å². The van der Waals surface area contributed by atoms with Crippen LogP contribution in [-0.2, 0) is 7.05 Å². The zero-order valence-corrected chi connectivity index (χ0v) is 13.9. The first-order valence-corrected chi connectivity index (χ1v) is 6.92. The lowest BCUT2D eigenvalue weighted by Crippen LogP contribution is -2.04. The molecule has 7 nitrogen and oxygen atoms in total. The van der Waals surface area contributed by atoms with E-state index in [0.29, 0.717) is 17.1 Å². The van der Waals surface area contributed by atoms with E-state index in [9.17, 15) is 10.4 Å². The molecule has 0 bridgehead atoms. The van der Waals surface area contributed by atoms with Gasteiger partial charge in [0.15, 0.2) is 11.5 Å². The van der Waals surface area contributed by atoms with Crippen LogP contribution in [0.4, 0.5) is 0 Å². The fourth-order valence-electron chi connectivity index (χ4n) is 2.27. The maximum Gasteiger partial charge on any atom is 0.185 e. The molecule has 0 fully saturated rings. The Morgan fingerprint density at radius 3 is 2.58 bits per heavy atom. The average Bonchev–Trinajstić information content (AvgIpc) is 3.15. The van der Waals surface area contributed by atoms with Gasteiger partial charge in [0, 0.05) is 19.4 Å². The standard InChI is InChI=1S/C16H14N6O.ClH/c1-11-9-14(21(2)19-11)16(23)15(10-17)22-8-6-13(20-22)12-5-3-4-7-18-12;/h3-9,23H,1-2H3;1H. The molecule has 3 rings (SSSR count). The molecule has 0 saturated heterocycles. The van der Waals surface area contributed by atoms with E-state index in [-0.39, 0.29) is 23.9 Å². The Morgan fingerprint density at radius 2 is 2.00 bits per heavy atom. The van der Waals surface area contributed by atoms with Crippen LogP contribution in [0.15, 0.2) is 42.7 Å². The fraction of sp³-hybridized carbons (Fsp3) is 0.125. The number of hydrogen-bond donors (Lipinski definition) is 1. The van der Waals surface area contributed by atoms with E-state index in [0.717, 1.165) is 5.69 Å². The summed E-state index contributed by atoms with van der Waals surface area (Å²) in [5.41, 5.74) is 2.54. The highest BCUT2D eigenvalue weighted by molar-refractivity contribution is 5.85. The van der Waals surface area contributed by atoms with Crippen LogP contribution >= 0.6 is 12.4 Å². The first-order valence-electron chi connectivity index (χ1n) is 6.92. The number of allylic oxidation sites excluding steroid dienone is 1. The molecule has 0 unspecified atom stereocenters. The first-order chi connectivity index (χ1) is 11.1. The molecule has 0 aliphatic rings. The second-order valence-electron chi connectivity index (χ2n) is 4.96. The Morgan fingerprint density at radius 1 is 1.21 bits per heavy atom. The van der Waals surface area contributed by atoms with Gasteiger partial charge in [0.2, 0.25) is 0 Å². The molecule has 0 atom stereocenters. The number of hydrogen-bond acceptors (Lipinski definition) is 5. The van der Waals surface area contributed by atoms with Gasteiger partial charge in [-0.2, -0.15) is 15.5 Å². The van der Waals surface area contributed by atoms with Crippen molar-refractivity contribution < 1.29 is 5.11 Å². The third-order valence-electron chi connectivity index (χ3n) is 3.32. The number of nitriles is 1. The smallest absolute Gasteiger partial charge is 0.185 e. The van der Waals surface area contributed by atoms with Crippen molar-refractivity contribution >= 4 is 23.9 Å². The van der Waals surface area contributed by atoms with E-state index < -0.39 is 0 Å². The summed E-state index contributed by atoms with van der Waals surface area (Å²) in [6, 6.07) is 10.9. The Hall–Kier alpha value is -3.11. The summed E-state index contributed by atoms with van der Waals surface area (Å²) < 4.78 is 2.85. The van der Waals surface area contributed by atoms with Crippen LogP contribution in [0.2, 0.25) is 0 Å². The van der Waals surface area contributed by atoms with Gasteiger partial charge in [0.05, 0.1) is 11.4 Å². The molecule has 3 aromatic rings. The van der Waals surface area contributed by atoms with Crippen molar-refractivity contribution in [1.29, 1.82) is 5.26 Å². The Bertz CT molecular complexity index is 920. The number of aromatic nitrogens is 5. The number of pyridine rings is 1. The molecule has 0 aliphatic carbocycles. The van der Waals surface area contributed by atoms with Crippen molar-refractivity contribution in [2.24, 2.45) is 7.05 Å². The van der Waals surface area contributed by atoms with E-state index in [2.05, 4.69) is 15.2 Å². The van der Waals surface area contributed by atoms with Gasteiger partial charge in [0.1, 0.15) is 17.5 Å². The highest BCUT2D eigenvalue weighted by Crippen LogP contribution is 2.21. The lowest BCUT2D eigenvalue weighted by molar-refractivity contribution is 0.500. The van der Waals surface area contributed by atoms with Gasteiger partial charge in [-0.05, 0) is 31.2 Å². The summed E-state index contributed by atoms with van der Waals surface area (Å²) in [6.07, 6.45) is 3.29. The number of aryl methyl sites for hydroxylation is 2. The van der Waals surface area contributed by atoms with Crippen LogP contribution in [0.3, 0.4) is 0 Å². The van der Waals surface area contributed by atoms with Crippen LogP contribution < -0.4 is 0 Å². The van der Waals surface area contributed by atoms with Crippen molar-refractivity contribution in [3.8, 4) is 17.5 Å². The van der Waals surface area contributed by atoms with Crippen LogP contribution in [0.5, 0.6) is 0 Å². The van der Waals surface area contributed by atoms with Crippen molar-refractivity contribution in [3.05, 3.63) is 54.1 Å². The summed E-state index contributed by atoms with van der Waals surface area (Å²) >= 11 is 0. The molecule has 0 amide bonds. The van der Waals surface area contributed by atoms with Crippen molar-refractivity contribution in [2.45, 2.75) is 6.92 Å². The van der Waals surface area contributed by atoms with Crippen LogP contribution in [-0.4, -0.2) is 29.7 Å². The fourth-order valence-corrected chi connectivity index (χ4v) is 2.27. The van der Waals surface area contributed by atoms with Crippen molar-refractivity contribution in [3.63, 3.8) is 0 Å². The molecule has 0 radical (unpaired) electrons. The predicted molar refractivity (Wildman–Crippen MR) is 92.0 cm³/mol. The quantitative estimate of drug-likeness (QED) is 0.583. The molecule has 3 heterocycles. The van der Waals surface area contributed by atoms with E-state index in [1.807, 2.05) is 31.2 Å². The van der Waals surface area contributed by atoms with Crippen molar-refractivity contribution in [1.82, 2.24) is 24.5 Å². The Labute approximate surface area is 144 Å². The minimum absolute atomic E-state index is 0. The Kier molecular flexibility index (Phi) is 5.02. The number of nitrogens with zero attached hydrogens (tertiary/aromatic N) is 6. The minimum atomic E-state index is -0.175. The second-order valence-corrected chi connectivity index (χ2v) is 4.96. The lowest BCUT2D eigenvalue weighted by atomic mass is 10.2. The molecule has 122 valence electrons. The summed E-state index contributed by atoms with van der Waals surface area (Å²) in [7, 11) is 1.70. The monoisotopic (exact) mass is 342 g/mol. The van der Waals surface area contributed by atoms with Gasteiger partial charge >= 0.3 is 0 Å². The molecular weight excluding hydrogens is 328 g/mol. The van der Waals surface area contributed by atoms with E-state index in [1.165, 1.54) is 9.36 Å². The number of aliphatic hydroxyl groups is 1. The van der Waals surface area contributed by atoms with Crippen LogP contribution in [0.25, 0.3) is 22.8 Å². The summed E-state index contributed by atoms with van der Waals surface area (Å²) in [5.74, 6) is -0.175. The molecule has 0 spiro atoms. The Balaban J connectivity index is 0.00000208. The minimum Gasteiger partial charge on any atom is -0.503 e. The average molecular weight is 343 g/mol. The number of rotatable bonds is 3. The summed E-state index contributed by atoms with van der Waals surface area (Å²) in [5, 5.41) is 28.3. The topological polar surface area (TPSA) is 92.5 Å². The normalized spacial score (nSPS) is 11.4. The highest BCUT2D eigenvalue weighted by Gasteiger charge is 2.16. The van der Waals surface area contributed by atoms with E-state index in [4.69, 9.17) is 0 Å². The van der Waals surface area contributed by atoms with E-state index in [1.54, 1.807) is 31.6 Å². The SMILES string of the molecule is Cc1cc(C(O)=C(C#N)n2ccc(-c3ccccn3)n2)n(C)n1.Cl. The molecule has 1 N–H and O–H groups in total. The van der Waals surface area contributed by atoms with Crippen LogP contribution in [0.1, 0.15) is 11.4 Å². The predicted octanol–water partition coefficient (Wildman–Crippen LogP) is 2.82. The van der Waals surface area contributed by atoms with Gasteiger partial charge in [-0.1, -0.05) is 6.07 Å². The molecule has 3 aromatic heterocycles. The number of halogens is 1. The zero-order chi connectivity index (χ0) is 16.4. The molecular formula is C16H15ClN6O. The number of aliphatic hydroxyl groups excluding tert-OH is 1. The lowest BCUT2D eigenvalue weighted by Gasteiger charge is -2.04. The first kappa shape index (κ1) is 17.2. The molecule has 0 saturated carbocycles. The molecule has 0 aliphatic heterocycles. The van der Waals surface area contributed by atoms with Gasteiger partial charge in [-0.25, -0.2) is 4.68 Å². The maximum absolute atomic E-state index is 10.4. The van der Waals surface area contributed by atoms with Gasteiger partial charge in [-0.3, -0.25) is 9.67 Å². The van der Waals surface area contributed by atoms with Crippen LogP contribution in [0, 0.1) is 18.3 Å². The largest absolute Gasteiger partial charge is 0.503 e. The summed E-state index contributed by atoms with van der Waals surface area (Å²) in [6.45, 7) is 1.82. The summed E-state index contributed by atoms with van der Waals surface area (Å²) in [4.78, 5) is 4.22. The molecule has 8 heteroatoms.